The Hall–Kier alpha value is -0.780. The number of benzene rings is 1. The summed E-state index contributed by atoms with van der Waals surface area (Å²) in [5, 5.41) is 3.60. The van der Waals surface area contributed by atoms with Gasteiger partial charge in [-0.3, -0.25) is 0 Å². The van der Waals surface area contributed by atoms with Crippen LogP contribution in [-0.2, 0) is 0 Å². The second-order valence-electron chi connectivity index (χ2n) is 3.29. The van der Waals surface area contributed by atoms with E-state index in [2.05, 4.69) is 15.9 Å². The summed E-state index contributed by atoms with van der Waals surface area (Å²) in [4.78, 5) is 0. The standard InChI is InChI=1S/C11H8BrF2NS/c12-7-1-2-8(13)9(10(7)14)11(15)6-3-4-16-5-6/h1-5,11H,15H2. The fraction of sp³-hybridized carbons (Fsp3) is 0.0909. The molecule has 16 heavy (non-hydrogen) atoms. The first-order chi connectivity index (χ1) is 7.61. The number of thiophene rings is 1. The molecular formula is C11H8BrF2NS. The lowest BCUT2D eigenvalue weighted by molar-refractivity contribution is 0.539. The number of nitrogens with two attached hydrogens (primary N) is 1. The van der Waals surface area contributed by atoms with E-state index in [1.54, 1.807) is 11.4 Å². The molecule has 1 unspecified atom stereocenters. The summed E-state index contributed by atoms with van der Waals surface area (Å²) in [6.07, 6.45) is 0. The first kappa shape index (κ1) is 11.7. The molecule has 1 atom stereocenters. The van der Waals surface area contributed by atoms with E-state index in [-0.39, 0.29) is 10.0 Å². The van der Waals surface area contributed by atoms with E-state index in [0.29, 0.717) is 5.56 Å². The van der Waals surface area contributed by atoms with Gasteiger partial charge in [-0.1, -0.05) is 0 Å². The Kier molecular flexibility index (Phi) is 3.37. The van der Waals surface area contributed by atoms with Crippen LogP contribution in [0.5, 0.6) is 0 Å². The van der Waals surface area contributed by atoms with Crippen LogP contribution in [0.15, 0.2) is 33.4 Å². The van der Waals surface area contributed by atoms with Crippen LogP contribution in [-0.4, -0.2) is 0 Å². The Bertz CT molecular complexity index is 499. The third-order valence-electron chi connectivity index (χ3n) is 2.29. The lowest BCUT2D eigenvalue weighted by Crippen LogP contribution is -2.15. The zero-order chi connectivity index (χ0) is 11.7. The zero-order valence-electron chi connectivity index (χ0n) is 8.08. The normalized spacial score (nSPS) is 12.8. The van der Waals surface area contributed by atoms with Gasteiger partial charge in [0.2, 0.25) is 0 Å². The maximum absolute atomic E-state index is 13.7. The Morgan fingerprint density at radius 1 is 1.25 bits per heavy atom. The predicted molar refractivity (Wildman–Crippen MR) is 64.4 cm³/mol. The minimum Gasteiger partial charge on any atom is -0.320 e. The highest BCUT2D eigenvalue weighted by atomic mass is 79.9. The van der Waals surface area contributed by atoms with E-state index in [9.17, 15) is 8.78 Å². The summed E-state index contributed by atoms with van der Waals surface area (Å²) in [5.74, 6) is -1.27. The van der Waals surface area contributed by atoms with Crippen LogP contribution in [0.4, 0.5) is 8.78 Å². The molecular weight excluding hydrogens is 296 g/mol. The first-order valence-electron chi connectivity index (χ1n) is 4.52. The van der Waals surface area contributed by atoms with Gasteiger partial charge in [0.15, 0.2) is 0 Å². The molecule has 0 spiro atoms. The summed E-state index contributed by atoms with van der Waals surface area (Å²) in [5.41, 5.74) is 6.44. The molecule has 0 radical (unpaired) electrons. The Balaban J connectivity index is 2.52. The number of halogens is 3. The van der Waals surface area contributed by atoms with E-state index in [1.807, 2.05) is 5.38 Å². The molecule has 1 nitrogen and oxygen atoms in total. The maximum atomic E-state index is 13.7. The van der Waals surface area contributed by atoms with Crippen molar-refractivity contribution in [2.45, 2.75) is 6.04 Å². The van der Waals surface area contributed by atoms with Gasteiger partial charge in [0.1, 0.15) is 11.6 Å². The van der Waals surface area contributed by atoms with Gasteiger partial charge in [-0.25, -0.2) is 8.78 Å². The second kappa shape index (κ2) is 4.61. The van der Waals surface area contributed by atoms with Crippen molar-refractivity contribution in [3.05, 3.63) is 56.2 Å². The quantitative estimate of drug-likeness (QED) is 0.838. The van der Waals surface area contributed by atoms with Gasteiger partial charge in [0.25, 0.3) is 0 Å². The van der Waals surface area contributed by atoms with Crippen molar-refractivity contribution >= 4 is 27.3 Å². The lowest BCUT2D eigenvalue weighted by Gasteiger charge is -2.13. The third-order valence-corrected chi connectivity index (χ3v) is 3.61. The monoisotopic (exact) mass is 303 g/mol. The topological polar surface area (TPSA) is 26.0 Å². The fourth-order valence-electron chi connectivity index (χ4n) is 1.45. The van der Waals surface area contributed by atoms with Crippen molar-refractivity contribution in [1.29, 1.82) is 0 Å². The van der Waals surface area contributed by atoms with E-state index in [4.69, 9.17) is 5.73 Å². The highest BCUT2D eigenvalue weighted by Crippen LogP contribution is 2.29. The zero-order valence-corrected chi connectivity index (χ0v) is 10.5. The minimum absolute atomic E-state index is 0.104. The largest absolute Gasteiger partial charge is 0.320 e. The molecule has 84 valence electrons. The Labute approximate surface area is 104 Å². The van der Waals surface area contributed by atoms with E-state index in [1.165, 1.54) is 23.5 Å². The van der Waals surface area contributed by atoms with E-state index >= 15 is 0 Å². The van der Waals surface area contributed by atoms with Crippen LogP contribution in [0.3, 0.4) is 0 Å². The van der Waals surface area contributed by atoms with Gasteiger partial charge in [-0.05, 0) is 50.5 Å². The molecule has 0 fully saturated rings. The average molecular weight is 304 g/mol. The van der Waals surface area contributed by atoms with Gasteiger partial charge in [-0.2, -0.15) is 11.3 Å². The SMILES string of the molecule is NC(c1ccsc1)c1c(F)ccc(Br)c1F. The molecule has 0 saturated heterocycles. The molecule has 0 bridgehead atoms. The lowest BCUT2D eigenvalue weighted by atomic mass is 10.0. The van der Waals surface area contributed by atoms with Crippen molar-refractivity contribution in [1.82, 2.24) is 0 Å². The molecule has 1 heterocycles. The van der Waals surface area contributed by atoms with Crippen LogP contribution in [0.1, 0.15) is 17.2 Å². The highest BCUT2D eigenvalue weighted by molar-refractivity contribution is 9.10. The molecule has 2 rings (SSSR count). The summed E-state index contributed by atoms with van der Waals surface area (Å²) in [6, 6.07) is 3.52. The van der Waals surface area contributed by atoms with Gasteiger partial charge < -0.3 is 5.73 Å². The summed E-state index contributed by atoms with van der Waals surface area (Å²) in [7, 11) is 0. The van der Waals surface area contributed by atoms with E-state index < -0.39 is 17.7 Å². The number of hydrogen-bond acceptors (Lipinski definition) is 2. The van der Waals surface area contributed by atoms with Gasteiger partial charge in [0.05, 0.1) is 10.5 Å². The van der Waals surface area contributed by atoms with Crippen molar-refractivity contribution in [2.75, 3.05) is 0 Å². The predicted octanol–water partition coefficient (Wildman–Crippen LogP) is 3.84. The van der Waals surface area contributed by atoms with Crippen LogP contribution >= 0.6 is 27.3 Å². The van der Waals surface area contributed by atoms with Gasteiger partial charge >= 0.3 is 0 Å². The van der Waals surface area contributed by atoms with Crippen LogP contribution in [0, 0.1) is 11.6 Å². The molecule has 1 aromatic heterocycles. The van der Waals surface area contributed by atoms with Crippen LogP contribution < -0.4 is 5.73 Å². The van der Waals surface area contributed by atoms with Crippen molar-refractivity contribution in [3.8, 4) is 0 Å². The Morgan fingerprint density at radius 3 is 2.62 bits per heavy atom. The molecule has 5 heteroatoms. The third kappa shape index (κ3) is 2.03. The average Bonchev–Trinajstić information content (AvgIpc) is 2.77. The molecule has 0 amide bonds. The Morgan fingerprint density at radius 2 is 2.00 bits per heavy atom. The van der Waals surface area contributed by atoms with Gasteiger partial charge in [-0.15, -0.1) is 0 Å². The van der Waals surface area contributed by atoms with Crippen LogP contribution in [0.2, 0.25) is 0 Å². The molecule has 2 aromatic rings. The summed E-state index contributed by atoms with van der Waals surface area (Å²) >= 11 is 4.46. The number of hydrogen-bond donors (Lipinski definition) is 1. The first-order valence-corrected chi connectivity index (χ1v) is 6.26. The van der Waals surface area contributed by atoms with Crippen LogP contribution in [0.25, 0.3) is 0 Å². The second-order valence-corrected chi connectivity index (χ2v) is 4.93. The molecule has 2 N–H and O–H groups in total. The van der Waals surface area contributed by atoms with Crippen molar-refractivity contribution in [2.24, 2.45) is 5.73 Å². The summed E-state index contributed by atoms with van der Waals surface area (Å²) < 4.78 is 27.5. The minimum atomic E-state index is -0.774. The maximum Gasteiger partial charge on any atom is 0.145 e. The fourth-order valence-corrected chi connectivity index (χ4v) is 2.49. The highest BCUT2D eigenvalue weighted by Gasteiger charge is 2.20. The smallest absolute Gasteiger partial charge is 0.145 e. The summed E-state index contributed by atoms with van der Waals surface area (Å²) in [6.45, 7) is 0. The van der Waals surface area contributed by atoms with Gasteiger partial charge in [0, 0.05) is 5.56 Å². The van der Waals surface area contributed by atoms with Crippen molar-refractivity contribution < 1.29 is 8.78 Å². The molecule has 0 aliphatic rings. The van der Waals surface area contributed by atoms with Crippen molar-refractivity contribution in [3.63, 3.8) is 0 Å². The van der Waals surface area contributed by atoms with E-state index in [0.717, 1.165) is 0 Å². The molecule has 1 aromatic carbocycles. The molecule has 0 saturated carbocycles. The molecule has 0 aliphatic carbocycles. The molecule has 0 aliphatic heterocycles. The number of rotatable bonds is 2.